The van der Waals surface area contributed by atoms with E-state index in [2.05, 4.69) is 23.3 Å². The van der Waals surface area contributed by atoms with Crippen molar-refractivity contribution in [3.05, 3.63) is 53.7 Å². The lowest BCUT2D eigenvalue weighted by atomic mass is 10.1. The third-order valence-electron chi connectivity index (χ3n) is 3.18. The number of rotatable bonds is 6. The summed E-state index contributed by atoms with van der Waals surface area (Å²) in [4.78, 5) is 4.34. The Morgan fingerprint density at radius 2 is 1.95 bits per heavy atom. The van der Waals surface area contributed by atoms with Crippen LogP contribution in [-0.4, -0.2) is 19.1 Å². The molecular weight excluding hydrogens is 252 g/mol. The highest BCUT2D eigenvalue weighted by Crippen LogP contribution is 2.25. The van der Waals surface area contributed by atoms with Gasteiger partial charge in [0.2, 0.25) is 5.88 Å². The van der Waals surface area contributed by atoms with E-state index in [0.29, 0.717) is 12.5 Å². The Balaban J connectivity index is 2.10. The fourth-order valence-electron chi connectivity index (χ4n) is 1.93. The molecule has 0 radical (unpaired) electrons. The molecule has 1 aromatic heterocycles. The van der Waals surface area contributed by atoms with E-state index < -0.39 is 0 Å². The standard InChI is InChI=1S/C16H20N2O2/c1-12(17-2)14-8-4-5-9-15(14)20-11-13-7-6-10-16(18-13)19-3/h4-10,12,17H,11H2,1-3H3. The summed E-state index contributed by atoms with van der Waals surface area (Å²) in [6, 6.07) is 13.9. The van der Waals surface area contributed by atoms with Crippen molar-refractivity contribution in [1.29, 1.82) is 0 Å². The molecule has 2 rings (SSSR count). The van der Waals surface area contributed by atoms with Crippen LogP contribution in [-0.2, 0) is 6.61 Å². The van der Waals surface area contributed by atoms with Crippen molar-refractivity contribution in [2.24, 2.45) is 0 Å². The maximum Gasteiger partial charge on any atom is 0.213 e. The van der Waals surface area contributed by atoms with Crippen LogP contribution in [0.2, 0.25) is 0 Å². The van der Waals surface area contributed by atoms with Gasteiger partial charge in [-0.05, 0) is 26.1 Å². The van der Waals surface area contributed by atoms with Crippen molar-refractivity contribution in [3.63, 3.8) is 0 Å². The highest BCUT2D eigenvalue weighted by molar-refractivity contribution is 5.35. The third-order valence-corrected chi connectivity index (χ3v) is 3.18. The SMILES string of the molecule is CNC(C)c1ccccc1OCc1cccc(OC)n1. The van der Waals surface area contributed by atoms with E-state index in [0.717, 1.165) is 17.0 Å². The monoisotopic (exact) mass is 272 g/mol. The van der Waals surface area contributed by atoms with E-state index in [1.807, 2.05) is 43.4 Å². The lowest BCUT2D eigenvalue weighted by Crippen LogP contribution is -2.13. The number of pyridine rings is 1. The Labute approximate surface area is 119 Å². The van der Waals surface area contributed by atoms with Crippen molar-refractivity contribution in [1.82, 2.24) is 10.3 Å². The van der Waals surface area contributed by atoms with Gasteiger partial charge in [0.05, 0.1) is 12.8 Å². The smallest absolute Gasteiger partial charge is 0.213 e. The molecule has 0 amide bonds. The average Bonchev–Trinajstić information content (AvgIpc) is 2.52. The highest BCUT2D eigenvalue weighted by Gasteiger charge is 2.09. The molecule has 1 unspecified atom stereocenters. The second kappa shape index (κ2) is 6.91. The Hall–Kier alpha value is -2.07. The zero-order chi connectivity index (χ0) is 14.4. The van der Waals surface area contributed by atoms with Gasteiger partial charge in [0.1, 0.15) is 12.4 Å². The topological polar surface area (TPSA) is 43.4 Å². The number of hydrogen-bond donors (Lipinski definition) is 1. The van der Waals surface area contributed by atoms with Crippen LogP contribution in [0.1, 0.15) is 24.2 Å². The second-order valence-electron chi connectivity index (χ2n) is 4.51. The molecule has 1 atom stereocenters. The molecule has 0 saturated carbocycles. The maximum atomic E-state index is 5.89. The number of nitrogens with zero attached hydrogens (tertiary/aromatic N) is 1. The van der Waals surface area contributed by atoms with Gasteiger partial charge in [0, 0.05) is 17.7 Å². The minimum absolute atomic E-state index is 0.240. The van der Waals surface area contributed by atoms with Crippen LogP contribution in [0.4, 0.5) is 0 Å². The van der Waals surface area contributed by atoms with Crippen molar-refractivity contribution < 1.29 is 9.47 Å². The molecule has 0 saturated heterocycles. The molecule has 1 N–H and O–H groups in total. The molecule has 106 valence electrons. The highest BCUT2D eigenvalue weighted by atomic mass is 16.5. The van der Waals surface area contributed by atoms with Gasteiger partial charge in [-0.2, -0.15) is 0 Å². The molecule has 1 aromatic carbocycles. The number of nitrogens with one attached hydrogen (secondary N) is 1. The van der Waals surface area contributed by atoms with E-state index in [1.54, 1.807) is 7.11 Å². The van der Waals surface area contributed by atoms with E-state index in [4.69, 9.17) is 9.47 Å². The fourth-order valence-corrected chi connectivity index (χ4v) is 1.93. The Morgan fingerprint density at radius 1 is 1.15 bits per heavy atom. The first-order valence-corrected chi connectivity index (χ1v) is 6.63. The summed E-state index contributed by atoms with van der Waals surface area (Å²) in [5.74, 6) is 1.47. The van der Waals surface area contributed by atoms with Gasteiger partial charge in [0.25, 0.3) is 0 Å². The van der Waals surface area contributed by atoms with Crippen LogP contribution in [0, 0.1) is 0 Å². The van der Waals surface area contributed by atoms with Gasteiger partial charge in [0.15, 0.2) is 0 Å². The van der Waals surface area contributed by atoms with Crippen LogP contribution in [0.25, 0.3) is 0 Å². The van der Waals surface area contributed by atoms with Crippen molar-refractivity contribution >= 4 is 0 Å². The summed E-state index contributed by atoms with van der Waals surface area (Å²) >= 11 is 0. The predicted molar refractivity (Wildman–Crippen MR) is 79.0 cm³/mol. The molecule has 1 heterocycles. The molecule has 0 spiro atoms. The molecule has 2 aromatic rings. The number of methoxy groups -OCH3 is 1. The Bertz CT molecular complexity index is 558. The van der Waals surface area contributed by atoms with Crippen LogP contribution >= 0.6 is 0 Å². The molecule has 0 aliphatic heterocycles. The summed E-state index contributed by atoms with van der Waals surface area (Å²) in [6.45, 7) is 2.52. The molecule has 0 fully saturated rings. The van der Waals surface area contributed by atoms with Crippen LogP contribution in [0.3, 0.4) is 0 Å². The first-order chi connectivity index (χ1) is 9.74. The number of para-hydroxylation sites is 1. The normalized spacial score (nSPS) is 11.9. The van der Waals surface area contributed by atoms with E-state index >= 15 is 0 Å². The largest absolute Gasteiger partial charge is 0.487 e. The molecular formula is C16H20N2O2. The lowest BCUT2D eigenvalue weighted by molar-refractivity contribution is 0.292. The van der Waals surface area contributed by atoms with Crippen molar-refractivity contribution in [2.75, 3.05) is 14.2 Å². The quantitative estimate of drug-likeness (QED) is 0.878. The zero-order valence-corrected chi connectivity index (χ0v) is 12.1. The second-order valence-corrected chi connectivity index (χ2v) is 4.51. The third kappa shape index (κ3) is 3.48. The predicted octanol–water partition coefficient (Wildman–Crippen LogP) is 2.95. The number of benzene rings is 1. The van der Waals surface area contributed by atoms with E-state index in [-0.39, 0.29) is 6.04 Å². The van der Waals surface area contributed by atoms with Gasteiger partial charge in [-0.3, -0.25) is 0 Å². The van der Waals surface area contributed by atoms with Gasteiger partial charge < -0.3 is 14.8 Å². The Morgan fingerprint density at radius 3 is 2.70 bits per heavy atom. The van der Waals surface area contributed by atoms with Gasteiger partial charge in [-0.1, -0.05) is 24.3 Å². The minimum atomic E-state index is 0.240. The van der Waals surface area contributed by atoms with Gasteiger partial charge in [-0.25, -0.2) is 4.98 Å². The van der Waals surface area contributed by atoms with Gasteiger partial charge >= 0.3 is 0 Å². The summed E-state index contributed by atoms with van der Waals surface area (Å²) in [5.41, 5.74) is 1.98. The van der Waals surface area contributed by atoms with Crippen molar-refractivity contribution in [3.8, 4) is 11.6 Å². The molecule has 20 heavy (non-hydrogen) atoms. The van der Waals surface area contributed by atoms with E-state index in [9.17, 15) is 0 Å². The molecule has 0 aliphatic rings. The number of aromatic nitrogens is 1. The molecule has 0 bridgehead atoms. The van der Waals surface area contributed by atoms with Crippen LogP contribution < -0.4 is 14.8 Å². The molecule has 4 heteroatoms. The summed E-state index contributed by atoms with van der Waals surface area (Å²) in [5, 5.41) is 3.22. The Kier molecular flexibility index (Phi) is 4.96. The summed E-state index contributed by atoms with van der Waals surface area (Å²) in [7, 11) is 3.54. The van der Waals surface area contributed by atoms with E-state index in [1.165, 1.54) is 0 Å². The first kappa shape index (κ1) is 14.3. The fraction of sp³-hybridized carbons (Fsp3) is 0.312. The minimum Gasteiger partial charge on any atom is -0.487 e. The van der Waals surface area contributed by atoms with Crippen LogP contribution in [0.5, 0.6) is 11.6 Å². The van der Waals surface area contributed by atoms with Gasteiger partial charge in [-0.15, -0.1) is 0 Å². The lowest BCUT2D eigenvalue weighted by Gasteiger charge is -2.16. The number of ether oxygens (including phenoxy) is 2. The summed E-state index contributed by atoms with van der Waals surface area (Å²) < 4.78 is 11.0. The zero-order valence-electron chi connectivity index (χ0n) is 12.1. The van der Waals surface area contributed by atoms with Crippen molar-refractivity contribution in [2.45, 2.75) is 19.6 Å². The first-order valence-electron chi connectivity index (χ1n) is 6.63. The molecule has 0 aliphatic carbocycles. The maximum absolute atomic E-state index is 5.89. The summed E-state index contributed by atoms with van der Waals surface area (Å²) in [6.07, 6.45) is 0. The number of hydrogen-bond acceptors (Lipinski definition) is 4. The average molecular weight is 272 g/mol. The molecule has 4 nitrogen and oxygen atoms in total. The van der Waals surface area contributed by atoms with Crippen LogP contribution in [0.15, 0.2) is 42.5 Å².